The smallest absolute Gasteiger partial charge is 0.233 e. The predicted molar refractivity (Wildman–Crippen MR) is 120 cm³/mol. The van der Waals surface area contributed by atoms with Gasteiger partial charge in [0.15, 0.2) is 11.0 Å². The Kier molecular flexibility index (Phi) is 6.35. The highest BCUT2D eigenvalue weighted by Crippen LogP contribution is 2.27. The van der Waals surface area contributed by atoms with Crippen LogP contribution in [-0.2, 0) is 17.9 Å². The van der Waals surface area contributed by atoms with Gasteiger partial charge in [-0.1, -0.05) is 42.1 Å². The van der Waals surface area contributed by atoms with Crippen molar-refractivity contribution in [2.75, 3.05) is 12.8 Å². The van der Waals surface area contributed by atoms with Gasteiger partial charge in [0.05, 0.1) is 25.1 Å². The molecule has 0 spiro atoms. The molecule has 0 atom stereocenters. The van der Waals surface area contributed by atoms with Crippen LogP contribution in [0.25, 0.3) is 11.4 Å². The molecule has 4 aromatic rings. The van der Waals surface area contributed by atoms with E-state index in [0.29, 0.717) is 24.0 Å². The Balaban J connectivity index is 1.53. The number of nitrogens with zero attached hydrogens (tertiary/aromatic N) is 4. The first-order chi connectivity index (χ1) is 14.6. The molecule has 3 aromatic heterocycles. The first-order valence-corrected chi connectivity index (χ1v) is 11.4. The number of thiophene rings is 1. The number of thioether (sulfide) groups is 1. The average Bonchev–Trinajstić information content (AvgIpc) is 3.50. The molecule has 0 aliphatic heterocycles. The van der Waals surface area contributed by atoms with E-state index in [1.54, 1.807) is 22.5 Å². The summed E-state index contributed by atoms with van der Waals surface area (Å²) in [6.07, 6.45) is 1.66. The van der Waals surface area contributed by atoms with E-state index in [4.69, 9.17) is 4.42 Å². The van der Waals surface area contributed by atoms with Crippen LogP contribution in [0.1, 0.15) is 16.2 Å². The number of rotatable bonds is 8. The zero-order valence-corrected chi connectivity index (χ0v) is 18.4. The van der Waals surface area contributed by atoms with Gasteiger partial charge >= 0.3 is 0 Å². The predicted octanol–water partition coefficient (Wildman–Crippen LogP) is 4.71. The molecular weight excluding hydrogens is 416 g/mol. The van der Waals surface area contributed by atoms with Crippen LogP contribution in [0, 0.1) is 6.92 Å². The van der Waals surface area contributed by atoms with Crippen LogP contribution in [0.3, 0.4) is 0 Å². The topological polar surface area (TPSA) is 64.2 Å². The van der Waals surface area contributed by atoms with Gasteiger partial charge in [0, 0.05) is 17.5 Å². The van der Waals surface area contributed by atoms with Crippen molar-refractivity contribution in [1.82, 2.24) is 19.7 Å². The summed E-state index contributed by atoms with van der Waals surface area (Å²) in [5, 5.41) is 11.5. The summed E-state index contributed by atoms with van der Waals surface area (Å²) in [5.74, 6) is 1.93. The summed E-state index contributed by atoms with van der Waals surface area (Å²) in [7, 11) is 1.83. The lowest BCUT2D eigenvalue weighted by atomic mass is 10.1. The highest BCUT2D eigenvalue weighted by atomic mass is 32.2. The van der Waals surface area contributed by atoms with Crippen LogP contribution < -0.4 is 0 Å². The zero-order valence-electron chi connectivity index (χ0n) is 16.8. The molecular formula is C22H22N4O2S2. The van der Waals surface area contributed by atoms with E-state index in [1.165, 1.54) is 16.6 Å². The Morgan fingerprint density at radius 3 is 2.77 bits per heavy atom. The lowest BCUT2D eigenvalue weighted by Gasteiger charge is -2.16. The van der Waals surface area contributed by atoms with Crippen LogP contribution in [0.15, 0.2) is 69.7 Å². The van der Waals surface area contributed by atoms with E-state index in [0.717, 1.165) is 22.7 Å². The second kappa shape index (κ2) is 9.32. The third-order valence-corrected chi connectivity index (χ3v) is 6.53. The van der Waals surface area contributed by atoms with E-state index < -0.39 is 0 Å². The number of amides is 1. The van der Waals surface area contributed by atoms with Crippen molar-refractivity contribution in [2.24, 2.45) is 0 Å². The number of hydrogen-bond donors (Lipinski definition) is 0. The number of furan rings is 1. The van der Waals surface area contributed by atoms with E-state index in [9.17, 15) is 4.79 Å². The van der Waals surface area contributed by atoms with E-state index in [-0.39, 0.29) is 5.91 Å². The standard InChI is InChI=1S/C22H22N4O2S2/c1-16-7-3-4-10-19(16)21-23-24-22(26(21)13-17-8-5-11-28-17)30-15-20(27)25(2)14-18-9-6-12-29-18/h3-12H,13-15H2,1-2H3. The van der Waals surface area contributed by atoms with Gasteiger partial charge in [0.25, 0.3) is 0 Å². The van der Waals surface area contributed by atoms with Crippen LogP contribution in [0.2, 0.25) is 0 Å². The number of hydrogen-bond acceptors (Lipinski definition) is 6. The fourth-order valence-electron chi connectivity index (χ4n) is 3.08. The highest BCUT2D eigenvalue weighted by Gasteiger charge is 2.19. The van der Waals surface area contributed by atoms with Crippen molar-refractivity contribution in [3.05, 3.63) is 76.4 Å². The highest BCUT2D eigenvalue weighted by molar-refractivity contribution is 7.99. The molecule has 6 nitrogen and oxygen atoms in total. The lowest BCUT2D eigenvalue weighted by Crippen LogP contribution is -2.27. The minimum absolute atomic E-state index is 0.0541. The quantitative estimate of drug-likeness (QED) is 0.373. The molecule has 4 rings (SSSR count). The molecule has 3 heterocycles. The van der Waals surface area contributed by atoms with Crippen molar-refractivity contribution in [1.29, 1.82) is 0 Å². The summed E-state index contributed by atoms with van der Waals surface area (Å²) < 4.78 is 7.56. The Bertz CT molecular complexity index is 1100. The normalized spacial score (nSPS) is 11.0. The number of carbonyl (C=O) groups is 1. The Morgan fingerprint density at radius 2 is 2.03 bits per heavy atom. The average molecular weight is 439 g/mol. The lowest BCUT2D eigenvalue weighted by molar-refractivity contribution is -0.127. The molecule has 0 unspecified atom stereocenters. The van der Waals surface area contributed by atoms with Gasteiger partial charge < -0.3 is 9.32 Å². The maximum atomic E-state index is 12.6. The van der Waals surface area contributed by atoms with Gasteiger partial charge in [0.1, 0.15) is 5.76 Å². The number of benzene rings is 1. The number of carbonyl (C=O) groups excluding carboxylic acids is 1. The minimum atomic E-state index is 0.0541. The maximum absolute atomic E-state index is 12.6. The first-order valence-electron chi connectivity index (χ1n) is 9.52. The Morgan fingerprint density at radius 1 is 1.17 bits per heavy atom. The second-order valence-electron chi connectivity index (χ2n) is 6.90. The van der Waals surface area contributed by atoms with Crippen LogP contribution >= 0.6 is 23.1 Å². The molecule has 0 aliphatic carbocycles. The zero-order chi connectivity index (χ0) is 20.9. The summed E-state index contributed by atoms with van der Waals surface area (Å²) >= 11 is 3.05. The van der Waals surface area contributed by atoms with E-state index in [2.05, 4.69) is 23.2 Å². The van der Waals surface area contributed by atoms with Gasteiger partial charge in [-0.3, -0.25) is 9.36 Å². The monoisotopic (exact) mass is 438 g/mol. The van der Waals surface area contributed by atoms with Gasteiger partial charge in [-0.2, -0.15) is 0 Å². The summed E-state index contributed by atoms with van der Waals surface area (Å²) in [5.41, 5.74) is 2.14. The van der Waals surface area contributed by atoms with Crippen LogP contribution in [0.4, 0.5) is 0 Å². The first kappa shape index (κ1) is 20.4. The number of aryl methyl sites for hydroxylation is 1. The largest absolute Gasteiger partial charge is 0.467 e. The van der Waals surface area contributed by atoms with Crippen molar-refractivity contribution in [3.63, 3.8) is 0 Å². The molecule has 0 bridgehead atoms. The molecule has 0 radical (unpaired) electrons. The molecule has 1 amide bonds. The minimum Gasteiger partial charge on any atom is -0.467 e. The second-order valence-corrected chi connectivity index (χ2v) is 8.88. The maximum Gasteiger partial charge on any atom is 0.233 e. The summed E-state index contributed by atoms with van der Waals surface area (Å²) in [4.78, 5) is 15.5. The van der Waals surface area contributed by atoms with Gasteiger partial charge in [0.2, 0.25) is 5.91 Å². The molecule has 0 saturated carbocycles. The third-order valence-electron chi connectivity index (χ3n) is 4.72. The molecule has 1 aromatic carbocycles. The number of aromatic nitrogens is 3. The molecule has 8 heteroatoms. The fraction of sp³-hybridized carbons (Fsp3) is 0.227. The fourth-order valence-corrected chi connectivity index (χ4v) is 4.72. The van der Waals surface area contributed by atoms with E-state index >= 15 is 0 Å². The molecule has 0 N–H and O–H groups in total. The summed E-state index contributed by atoms with van der Waals surface area (Å²) in [6.45, 7) is 3.17. The SMILES string of the molecule is Cc1ccccc1-c1nnc(SCC(=O)N(C)Cc2cccs2)n1Cc1ccco1. The molecule has 0 saturated heterocycles. The Labute approximate surface area is 183 Å². The molecule has 30 heavy (non-hydrogen) atoms. The third kappa shape index (κ3) is 4.66. The summed E-state index contributed by atoms with van der Waals surface area (Å²) in [6, 6.07) is 15.9. The van der Waals surface area contributed by atoms with Crippen LogP contribution in [0.5, 0.6) is 0 Å². The van der Waals surface area contributed by atoms with Crippen molar-refractivity contribution < 1.29 is 9.21 Å². The Hall–Kier alpha value is -2.84. The molecule has 154 valence electrons. The van der Waals surface area contributed by atoms with Crippen molar-refractivity contribution in [3.8, 4) is 11.4 Å². The van der Waals surface area contributed by atoms with Crippen molar-refractivity contribution >= 4 is 29.0 Å². The van der Waals surface area contributed by atoms with Crippen molar-refractivity contribution in [2.45, 2.75) is 25.2 Å². The van der Waals surface area contributed by atoms with Gasteiger partial charge in [-0.25, -0.2) is 0 Å². The van der Waals surface area contributed by atoms with Gasteiger partial charge in [-0.15, -0.1) is 21.5 Å². The van der Waals surface area contributed by atoms with E-state index in [1.807, 2.05) is 59.5 Å². The molecule has 0 aliphatic rings. The van der Waals surface area contributed by atoms with Gasteiger partial charge in [-0.05, 0) is 36.1 Å². The van der Waals surface area contributed by atoms with Crippen LogP contribution in [-0.4, -0.2) is 38.4 Å². The molecule has 0 fully saturated rings.